The number of anilines is 1. The Hall–Kier alpha value is -1.79. The zero-order valence-electron chi connectivity index (χ0n) is 9.00. The zero-order valence-corrected chi connectivity index (χ0v) is 10.6. The number of carboxylic acids is 1. The highest BCUT2D eigenvalue weighted by Gasteiger charge is 2.11. The number of halogens is 1. The van der Waals surface area contributed by atoms with E-state index in [1.54, 1.807) is 18.3 Å². The van der Waals surface area contributed by atoms with Crippen molar-refractivity contribution in [3.05, 3.63) is 41.2 Å². The van der Waals surface area contributed by atoms with Crippen LogP contribution in [0.2, 0.25) is 5.02 Å². The van der Waals surface area contributed by atoms with Crippen molar-refractivity contribution in [3.8, 4) is 0 Å². The van der Waals surface area contributed by atoms with Crippen molar-refractivity contribution < 1.29 is 9.90 Å². The number of hydrogen-bond acceptors (Lipinski definition) is 5. The highest BCUT2D eigenvalue weighted by Crippen LogP contribution is 2.31. The number of aromatic nitrogens is 2. The molecule has 18 heavy (non-hydrogen) atoms. The van der Waals surface area contributed by atoms with Crippen LogP contribution in [0.5, 0.6) is 0 Å². The van der Waals surface area contributed by atoms with E-state index < -0.39 is 5.97 Å². The highest BCUT2D eigenvalue weighted by molar-refractivity contribution is 7.99. The van der Waals surface area contributed by atoms with Crippen molar-refractivity contribution in [2.45, 2.75) is 10.1 Å². The van der Waals surface area contributed by atoms with Gasteiger partial charge in [0.15, 0.2) is 0 Å². The Kier molecular flexibility index (Phi) is 3.69. The van der Waals surface area contributed by atoms with Gasteiger partial charge >= 0.3 is 5.97 Å². The van der Waals surface area contributed by atoms with E-state index >= 15 is 0 Å². The summed E-state index contributed by atoms with van der Waals surface area (Å²) < 4.78 is 0. The molecule has 0 amide bonds. The molecular weight excluding hydrogens is 274 g/mol. The largest absolute Gasteiger partial charge is 0.478 e. The summed E-state index contributed by atoms with van der Waals surface area (Å²) in [7, 11) is 0. The van der Waals surface area contributed by atoms with E-state index in [1.165, 1.54) is 24.0 Å². The first-order valence-electron chi connectivity index (χ1n) is 4.85. The predicted octanol–water partition coefficient (Wildman–Crippen LogP) is 2.56. The normalized spacial score (nSPS) is 10.3. The van der Waals surface area contributed by atoms with Gasteiger partial charge in [-0.25, -0.2) is 14.8 Å². The molecule has 0 fully saturated rings. The molecule has 0 spiro atoms. The maximum Gasteiger partial charge on any atom is 0.337 e. The van der Waals surface area contributed by atoms with Crippen LogP contribution >= 0.6 is 23.4 Å². The number of carbonyl (C=O) groups is 1. The molecule has 0 saturated carbocycles. The molecule has 0 saturated heterocycles. The molecule has 2 aromatic heterocycles. The van der Waals surface area contributed by atoms with Crippen LogP contribution in [0.1, 0.15) is 10.4 Å². The van der Waals surface area contributed by atoms with E-state index in [0.717, 1.165) is 0 Å². The smallest absolute Gasteiger partial charge is 0.337 e. The van der Waals surface area contributed by atoms with Gasteiger partial charge in [0.1, 0.15) is 10.1 Å². The topological polar surface area (TPSA) is 89.1 Å². The van der Waals surface area contributed by atoms with E-state index in [9.17, 15) is 4.79 Å². The summed E-state index contributed by atoms with van der Waals surface area (Å²) in [6.07, 6.45) is 2.91. The highest BCUT2D eigenvalue weighted by atomic mass is 35.5. The summed E-state index contributed by atoms with van der Waals surface area (Å²) in [6.45, 7) is 0. The number of carboxylic acid groups (broad SMARTS) is 1. The number of pyridine rings is 2. The van der Waals surface area contributed by atoms with E-state index in [-0.39, 0.29) is 11.3 Å². The second kappa shape index (κ2) is 5.24. The monoisotopic (exact) mass is 281 g/mol. The molecule has 0 aromatic carbocycles. The second-order valence-electron chi connectivity index (χ2n) is 3.31. The Labute approximate surface area is 112 Å². The lowest BCUT2D eigenvalue weighted by molar-refractivity contribution is 0.0697. The van der Waals surface area contributed by atoms with Crippen molar-refractivity contribution in [2.24, 2.45) is 0 Å². The number of nitrogen functional groups attached to an aromatic ring is 1. The summed E-state index contributed by atoms with van der Waals surface area (Å²) in [5.41, 5.74) is 5.66. The zero-order chi connectivity index (χ0) is 13.1. The minimum Gasteiger partial charge on any atom is -0.478 e. The Morgan fingerprint density at radius 3 is 2.89 bits per heavy atom. The Balaban J connectivity index is 2.33. The van der Waals surface area contributed by atoms with Crippen LogP contribution in [0.4, 0.5) is 5.69 Å². The predicted molar refractivity (Wildman–Crippen MR) is 69.0 cm³/mol. The summed E-state index contributed by atoms with van der Waals surface area (Å²) in [5, 5.41) is 10.5. The molecule has 0 aliphatic carbocycles. The molecular formula is C11H8ClN3O2S. The average molecular weight is 282 g/mol. The van der Waals surface area contributed by atoms with Crippen molar-refractivity contribution in [3.63, 3.8) is 0 Å². The Bertz CT molecular complexity index is 607. The molecule has 2 heterocycles. The molecule has 3 N–H and O–H groups in total. The number of aromatic carboxylic acids is 1. The minimum atomic E-state index is -1.09. The maximum absolute atomic E-state index is 10.9. The molecule has 2 aromatic rings. The first-order chi connectivity index (χ1) is 8.58. The second-order valence-corrected chi connectivity index (χ2v) is 4.72. The summed E-state index contributed by atoms with van der Waals surface area (Å²) in [5.74, 6) is -1.09. The Morgan fingerprint density at radius 1 is 1.44 bits per heavy atom. The van der Waals surface area contributed by atoms with Gasteiger partial charge in [0, 0.05) is 6.20 Å². The van der Waals surface area contributed by atoms with Crippen LogP contribution in [-0.2, 0) is 0 Å². The van der Waals surface area contributed by atoms with Crippen LogP contribution in [0.15, 0.2) is 40.6 Å². The third-order valence-corrected chi connectivity index (χ3v) is 3.43. The lowest BCUT2D eigenvalue weighted by Gasteiger charge is -2.04. The van der Waals surface area contributed by atoms with Crippen LogP contribution < -0.4 is 5.73 Å². The SMILES string of the molecule is Nc1cnc(Sc2ncccc2Cl)cc1C(=O)O. The van der Waals surface area contributed by atoms with Crippen LogP contribution in [-0.4, -0.2) is 21.0 Å². The van der Waals surface area contributed by atoms with Crippen LogP contribution in [0.25, 0.3) is 0 Å². The molecule has 0 bridgehead atoms. The summed E-state index contributed by atoms with van der Waals surface area (Å²) in [6, 6.07) is 4.81. The number of hydrogen-bond donors (Lipinski definition) is 2. The number of rotatable bonds is 3. The van der Waals surface area contributed by atoms with Crippen LogP contribution in [0, 0.1) is 0 Å². The quantitative estimate of drug-likeness (QED) is 0.899. The fourth-order valence-electron chi connectivity index (χ4n) is 1.23. The van der Waals surface area contributed by atoms with Crippen molar-refractivity contribution in [1.29, 1.82) is 0 Å². The van der Waals surface area contributed by atoms with Crippen molar-refractivity contribution in [1.82, 2.24) is 9.97 Å². The fourth-order valence-corrected chi connectivity index (χ4v) is 2.23. The molecule has 5 nitrogen and oxygen atoms in total. The molecule has 2 rings (SSSR count). The van der Waals surface area contributed by atoms with Gasteiger partial charge < -0.3 is 10.8 Å². The lowest BCUT2D eigenvalue weighted by Crippen LogP contribution is -2.03. The molecule has 0 radical (unpaired) electrons. The van der Waals surface area contributed by atoms with Gasteiger partial charge in [-0.15, -0.1) is 0 Å². The van der Waals surface area contributed by atoms with E-state index in [1.807, 2.05) is 0 Å². The molecule has 0 unspecified atom stereocenters. The first-order valence-corrected chi connectivity index (χ1v) is 6.04. The minimum absolute atomic E-state index is 0.0135. The van der Waals surface area contributed by atoms with Gasteiger partial charge in [-0.3, -0.25) is 0 Å². The standard InChI is InChI=1S/C11H8ClN3O2S/c12-7-2-1-3-14-10(7)18-9-4-6(11(16)17)8(13)5-15-9/h1-5H,13H2,(H,16,17). The van der Waals surface area contributed by atoms with E-state index in [0.29, 0.717) is 15.1 Å². The average Bonchev–Trinajstić information content (AvgIpc) is 2.34. The molecule has 0 aliphatic rings. The molecule has 92 valence electrons. The third-order valence-electron chi connectivity index (χ3n) is 2.07. The lowest BCUT2D eigenvalue weighted by atomic mass is 10.2. The van der Waals surface area contributed by atoms with E-state index in [4.69, 9.17) is 22.4 Å². The summed E-state index contributed by atoms with van der Waals surface area (Å²) >= 11 is 7.14. The van der Waals surface area contributed by atoms with Gasteiger partial charge in [-0.1, -0.05) is 11.6 Å². The number of nitrogens with zero attached hydrogens (tertiary/aromatic N) is 2. The fraction of sp³-hybridized carbons (Fsp3) is 0. The summed E-state index contributed by atoms with van der Waals surface area (Å²) in [4.78, 5) is 19.1. The maximum atomic E-state index is 10.9. The third kappa shape index (κ3) is 2.72. The van der Waals surface area contributed by atoms with Gasteiger partial charge in [0.2, 0.25) is 0 Å². The number of nitrogens with two attached hydrogens (primary N) is 1. The van der Waals surface area contributed by atoms with Gasteiger partial charge in [0.25, 0.3) is 0 Å². The van der Waals surface area contributed by atoms with E-state index in [2.05, 4.69) is 9.97 Å². The van der Waals surface area contributed by atoms with Gasteiger partial charge in [-0.05, 0) is 30.0 Å². The Morgan fingerprint density at radius 2 is 2.22 bits per heavy atom. The molecule has 0 aliphatic heterocycles. The molecule has 0 atom stereocenters. The van der Waals surface area contributed by atoms with Crippen molar-refractivity contribution >= 4 is 35.0 Å². The van der Waals surface area contributed by atoms with Crippen molar-refractivity contribution in [2.75, 3.05) is 5.73 Å². The first kappa shape index (κ1) is 12.7. The molecule has 7 heteroatoms. The van der Waals surface area contributed by atoms with Gasteiger partial charge in [-0.2, -0.15) is 0 Å². The van der Waals surface area contributed by atoms with Crippen LogP contribution in [0.3, 0.4) is 0 Å². The van der Waals surface area contributed by atoms with Gasteiger partial charge in [0.05, 0.1) is 22.5 Å².